The van der Waals surface area contributed by atoms with Gasteiger partial charge in [0.05, 0.1) is 11.7 Å². The number of carbonyl (C=O) groups is 1. The Bertz CT molecular complexity index is 931. The fraction of sp³-hybridized carbons (Fsp3) is 0.158. The predicted octanol–water partition coefficient (Wildman–Crippen LogP) is 1.86. The van der Waals surface area contributed by atoms with Gasteiger partial charge in [-0.2, -0.15) is 5.10 Å². The summed E-state index contributed by atoms with van der Waals surface area (Å²) < 4.78 is 12.5. The first kappa shape index (κ1) is 15.3. The van der Waals surface area contributed by atoms with E-state index in [0.717, 1.165) is 22.4 Å². The van der Waals surface area contributed by atoms with E-state index in [1.54, 1.807) is 16.9 Å². The number of carboxylic acid groups (broad SMARTS) is 1. The first-order chi connectivity index (χ1) is 12.1. The second kappa shape index (κ2) is 5.98. The van der Waals surface area contributed by atoms with Crippen molar-refractivity contribution in [3.8, 4) is 17.2 Å². The van der Waals surface area contributed by atoms with Gasteiger partial charge in [-0.3, -0.25) is 0 Å². The lowest BCUT2D eigenvalue weighted by atomic mass is 9.96. The van der Waals surface area contributed by atoms with Crippen LogP contribution in [0, 0.1) is 6.92 Å². The van der Waals surface area contributed by atoms with Crippen molar-refractivity contribution in [3.63, 3.8) is 0 Å². The minimum Gasteiger partial charge on any atom is -0.545 e. The maximum absolute atomic E-state index is 11.4. The van der Waals surface area contributed by atoms with Crippen molar-refractivity contribution in [1.82, 2.24) is 9.78 Å². The van der Waals surface area contributed by atoms with Crippen molar-refractivity contribution in [1.29, 1.82) is 0 Å². The molecular weight excluding hydrogens is 320 g/mol. The molecule has 1 aliphatic heterocycles. The molecule has 6 heteroatoms. The van der Waals surface area contributed by atoms with Crippen molar-refractivity contribution in [2.75, 3.05) is 6.79 Å². The van der Waals surface area contributed by atoms with Crippen LogP contribution >= 0.6 is 0 Å². The summed E-state index contributed by atoms with van der Waals surface area (Å²) in [5.74, 6) is -0.517. The number of aromatic carboxylic acids is 1. The monoisotopic (exact) mass is 335 g/mol. The average molecular weight is 335 g/mol. The van der Waals surface area contributed by atoms with Crippen LogP contribution in [0.2, 0.25) is 0 Å². The standard InChI is InChI=1S/C19H16N2O4/c1-12-14(10-16(19(22)23)18-17(12)24-11-25-18)9-13-3-5-15(6-4-13)21-8-2-7-20-21/h2-8,10H,9,11H2,1H3,(H,22,23)/p-1. The first-order valence-corrected chi connectivity index (χ1v) is 7.86. The third kappa shape index (κ3) is 2.71. The number of carbonyl (C=O) groups excluding carboxylic acids is 1. The zero-order chi connectivity index (χ0) is 17.4. The maximum atomic E-state index is 11.4. The van der Waals surface area contributed by atoms with Gasteiger partial charge in [0.1, 0.15) is 0 Å². The number of aromatic nitrogens is 2. The lowest BCUT2D eigenvalue weighted by Gasteiger charge is -2.14. The lowest BCUT2D eigenvalue weighted by Crippen LogP contribution is -2.23. The Hall–Kier alpha value is -3.28. The molecule has 1 aromatic heterocycles. The third-order valence-electron chi connectivity index (χ3n) is 4.32. The molecule has 0 saturated heterocycles. The number of hydrogen-bond acceptors (Lipinski definition) is 5. The van der Waals surface area contributed by atoms with E-state index < -0.39 is 5.97 Å². The van der Waals surface area contributed by atoms with E-state index in [4.69, 9.17) is 9.47 Å². The Morgan fingerprint density at radius 2 is 2.00 bits per heavy atom. The Kier molecular flexibility index (Phi) is 3.65. The zero-order valence-electron chi connectivity index (χ0n) is 13.6. The summed E-state index contributed by atoms with van der Waals surface area (Å²) in [6.07, 6.45) is 4.19. The minimum atomic E-state index is -1.27. The topological polar surface area (TPSA) is 76.4 Å². The smallest absolute Gasteiger partial charge is 0.231 e. The maximum Gasteiger partial charge on any atom is 0.231 e. The summed E-state index contributed by atoms with van der Waals surface area (Å²) in [5, 5.41) is 15.6. The van der Waals surface area contributed by atoms with E-state index in [1.807, 2.05) is 43.5 Å². The molecular formula is C19H15N2O4-. The quantitative estimate of drug-likeness (QED) is 0.727. The molecule has 3 aromatic rings. The van der Waals surface area contributed by atoms with Gasteiger partial charge in [-0.05, 0) is 54.3 Å². The molecule has 0 spiro atoms. The van der Waals surface area contributed by atoms with Crippen molar-refractivity contribution in [2.45, 2.75) is 13.3 Å². The van der Waals surface area contributed by atoms with E-state index in [-0.39, 0.29) is 18.1 Å². The van der Waals surface area contributed by atoms with Crippen molar-refractivity contribution in [2.24, 2.45) is 0 Å². The highest BCUT2D eigenvalue weighted by Gasteiger charge is 2.23. The van der Waals surface area contributed by atoms with Crippen molar-refractivity contribution >= 4 is 5.97 Å². The molecule has 4 rings (SSSR count). The molecule has 2 aromatic carbocycles. The minimum absolute atomic E-state index is 0.0263. The Morgan fingerprint density at radius 3 is 2.68 bits per heavy atom. The molecule has 0 amide bonds. The highest BCUT2D eigenvalue weighted by molar-refractivity contribution is 5.91. The summed E-state index contributed by atoms with van der Waals surface area (Å²) in [7, 11) is 0. The fourth-order valence-electron chi connectivity index (χ4n) is 2.99. The normalized spacial score (nSPS) is 12.4. The van der Waals surface area contributed by atoms with Gasteiger partial charge in [-0.15, -0.1) is 0 Å². The van der Waals surface area contributed by atoms with Crippen LogP contribution in [0.3, 0.4) is 0 Å². The Labute approximate surface area is 144 Å². The van der Waals surface area contributed by atoms with E-state index in [0.29, 0.717) is 12.2 Å². The predicted molar refractivity (Wildman–Crippen MR) is 88.0 cm³/mol. The van der Waals surface area contributed by atoms with Gasteiger partial charge >= 0.3 is 0 Å². The number of fused-ring (bicyclic) bond motifs is 1. The van der Waals surface area contributed by atoms with Crippen molar-refractivity contribution < 1.29 is 19.4 Å². The van der Waals surface area contributed by atoms with Crippen LogP contribution in [-0.2, 0) is 6.42 Å². The van der Waals surface area contributed by atoms with Gasteiger partial charge in [-0.1, -0.05) is 12.1 Å². The second-order valence-electron chi connectivity index (χ2n) is 5.85. The number of rotatable bonds is 4. The third-order valence-corrected chi connectivity index (χ3v) is 4.32. The van der Waals surface area contributed by atoms with Gasteiger partial charge < -0.3 is 19.4 Å². The molecule has 6 nitrogen and oxygen atoms in total. The fourth-order valence-corrected chi connectivity index (χ4v) is 2.99. The van der Waals surface area contributed by atoms with E-state index in [9.17, 15) is 9.90 Å². The highest BCUT2D eigenvalue weighted by atomic mass is 16.7. The molecule has 0 N–H and O–H groups in total. The lowest BCUT2D eigenvalue weighted by molar-refractivity contribution is -0.255. The van der Waals surface area contributed by atoms with Crippen LogP contribution in [0.25, 0.3) is 5.69 Å². The van der Waals surface area contributed by atoms with Crippen LogP contribution in [0.4, 0.5) is 0 Å². The second-order valence-corrected chi connectivity index (χ2v) is 5.85. The molecule has 1 aliphatic rings. The molecule has 2 heterocycles. The number of benzene rings is 2. The number of hydrogen-bond donors (Lipinski definition) is 0. The molecule has 126 valence electrons. The number of nitrogens with zero attached hydrogens (tertiary/aromatic N) is 2. The van der Waals surface area contributed by atoms with Gasteiger partial charge in [-0.25, -0.2) is 4.68 Å². The van der Waals surface area contributed by atoms with Gasteiger partial charge in [0.2, 0.25) is 6.79 Å². The Balaban J connectivity index is 1.67. The summed E-state index contributed by atoms with van der Waals surface area (Å²) in [6, 6.07) is 11.4. The molecule has 0 fully saturated rings. The molecule has 0 radical (unpaired) electrons. The zero-order valence-corrected chi connectivity index (χ0v) is 13.6. The molecule has 0 aliphatic carbocycles. The van der Waals surface area contributed by atoms with Gasteiger partial charge in [0.25, 0.3) is 0 Å². The van der Waals surface area contributed by atoms with Crippen LogP contribution in [-0.4, -0.2) is 22.5 Å². The van der Waals surface area contributed by atoms with Gasteiger partial charge in [0.15, 0.2) is 11.5 Å². The summed E-state index contributed by atoms with van der Waals surface area (Å²) in [4.78, 5) is 11.4. The highest BCUT2D eigenvalue weighted by Crippen LogP contribution is 2.40. The number of ether oxygens (including phenoxy) is 2. The van der Waals surface area contributed by atoms with Crippen LogP contribution < -0.4 is 14.6 Å². The van der Waals surface area contributed by atoms with Crippen molar-refractivity contribution in [3.05, 3.63) is 71.0 Å². The van der Waals surface area contributed by atoms with E-state index in [1.165, 1.54) is 0 Å². The van der Waals surface area contributed by atoms with Gasteiger partial charge in [0, 0.05) is 18.0 Å². The molecule has 0 atom stereocenters. The van der Waals surface area contributed by atoms with E-state index in [2.05, 4.69) is 5.10 Å². The molecule has 0 unspecified atom stereocenters. The SMILES string of the molecule is Cc1c(Cc2ccc(-n3cccn3)cc2)cc(C(=O)[O-])c2c1OCO2. The molecule has 0 bridgehead atoms. The summed E-state index contributed by atoms with van der Waals surface area (Å²) in [5.41, 5.74) is 3.80. The molecule has 0 saturated carbocycles. The largest absolute Gasteiger partial charge is 0.545 e. The molecule has 25 heavy (non-hydrogen) atoms. The van der Waals surface area contributed by atoms with E-state index >= 15 is 0 Å². The van der Waals surface area contributed by atoms with Crippen LogP contribution in [0.15, 0.2) is 48.8 Å². The summed E-state index contributed by atoms with van der Waals surface area (Å²) >= 11 is 0. The number of carboxylic acids is 1. The first-order valence-electron chi connectivity index (χ1n) is 7.86. The Morgan fingerprint density at radius 1 is 1.24 bits per heavy atom. The summed E-state index contributed by atoms with van der Waals surface area (Å²) in [6.45, 7) is 1.93. The van der Waals surface area contributed by atoms with Crippen LogP contribution in [0.5, 0.6) is 11.5 Å². The van der Waals surface area contributed by atoms with Crippen LogP contribution in [0.1, 0.15) is 27.0 Å². The average Bonchev–Trinajstić information content (AvgIpc) is 3.29.